The Morgan fingerprint density at radius 2 is 2.45 bits per heavy atom. The van der Waals surface area contributed by atoms with Gasteiger partial charge in [0.25, 0.3) is 0 Å². The quantitative estimate of drug-likeness (QED) is 0.585. The molecule has 3 nitrogen and oxygen atoms in total. The zero-order chi connectivity index (χ0) is 8.27. The van der Waals surface area contributed by atoms with E-state index in [4.69, 9.17) is 5.11 Å². The van der Waals surface area contributed by atoms with Crippen molar-refractivity contribution in [3.63, 3.8) is 0 Å². The van der Waals surface area contributed by atoms with E-state index in [1.807, 2.05) is 19.1 Å². The highest BCUT2D eigenvalue weighted by molar-refractivity contribution is 5.66. The Bertz CT molecular complexity index is 177. The smallest absolute Gasteiger partial charge is 0.407 e. The van der Waals surface area contributed by atoms with Gasteiger partial charge in [0.1, 0.15) is 0 Å². The molecule has 1 amide bonds. The average Bonchev–Trinajstić information content (AvgIpc) is 2.36. The molecule has 0 aromatic heterocycles. The molecule has 1 aliphatic heterocycles. The van der Waals surface area contributed by atoms with Gasteiger partial charge in [-0.1, -0.05) is 12.2 Å². The van der Waals surface area contributed by atoms with Crippen molar-refractivity contribution in [1.29, 1.82) is 0 Å². The Morgan fingerprint density at radius 1 is 1.73 bits per heavy atom. The van der Waals surface area contributed by atoms with E-state index in [1.54, 1.807) is 0 Å². The van der Waals surface area contributed by atoms with Crippen LogP contribution in [0, 0.1) is 0 Å². The lowest BCUT2D eigenvalue weighted by molar-refractivity contribution is 0.147. The Labute approximate surface area is 66.3 Å². The van der Waals surface area contributed by atoms with E-state index in [0.717, 1.165) is 12.8 Å². The molecule has 0 spiro atoms. The molecule has 1 fully saturated rings. The molecule has 0 radical (unpaired) electrons. The number of hydrogen-bond donors (Lipinski definition) is 1. The summed E-state index contributed by atoms with van der Waals surface area (Å²) in [4.78, 5) is 12.1. The molecular formula is C8H13NO2. The second-order valence-electron chi connectivity index (χ2n) is 2.71. The lowest BCUT2D eigenvalue weighted by Gasteiger charge is -2.17. The van der Waals surface area contributed by atoms with Gasteiger partial charge in [-0.15, -0.1) is 0 Å². The van der Waals surface area contributed by atoms with Gasteiger partial charge in [-0.3, -0.25) is 0 Å². The minimum atomic E-state index is -0.800. The van der Waals surface area contributed by atoms with Gasteiger partial charge < -0.3 is 10.0 Å². The molecule has 1 rings (SSSR count). The summed E-state index contributed by atoms with van der Waals surface area (Å²) < 4.78 is 0. The number of carboxylic acid groups (broad SMARTS) is 1. The number of nitrogens with zero attached hydrogens (tertiary/aromatic N) is 1. The van der Waals surface area contributed by atoms with Gasteiger partial charge in [-0.05, 0) is 19.8 Å². The van der Waals surface area contributed by atoms with Crippen LogP contribution in [-0.2, 0) is 0 Å². The van der Waals surface area contributed by atoms with Crippen molar-refractivity contribution >= 4 is 6.09 Å². The molecule has 3 heteroatoms. The van der Waals surface area contributed by atoms with E-state index in [-0.39, 0.29) is 6.04 Å². The molecule has 1 atom stereocenters. The molecule has 62 valence electrons. The zero-order valence-corrected chi connectivity index (χ0v) is 6.66. The molecule has 1 heterocycles. The Hall–Kier alpha value is -0.990. The predicted molar refractivity (Wildman–Crippen MR) is 42.6 cm³/mol. The first-order chi connectivity index (χ1) is 5.25. The Kier molecular flexibility index (Phi) is 2.52. The van der Waals surface area contributed by atoms with E-state index >= 15 is 0 Å². The van der Waals surface area contributed by atoms with Gasteiger partial charge in [0, 0.05) is 6.54 Å². The van der Waals surface area contributed by atoms with Crippen molar-refractivity contribution in [2.45, 2.75) is 25.8 Å². The number of rotatable bonds is 1. The fraction of sp³-hybridized carbons (Fsp3) is 0.625. The maximum Gasteiger partial charge on any atom is 0.407 e. The largest absolute Gasteiger partial charge is 0.465 e. The van der Waals surface area contributed by atoms with Crippen LogP contribution in [0.25, 0.3) is 0 Å². The van der Waals surface area contributed by atoms with Crippen LogP contribution in [0.5, 0.6) is 0 Å². The van der Waals surface area contributed by atoms with Crippen LogP contribution >= 0.6 is 0 Å². The normalized spacial score (nSPS) is 24.8. The highest BCUT2D eigenvalue weighted by Crippen LogP contribution is 2.17. The predicted octanol–water partition coefficient (Wildman–Crippen LogP) is 1.70. The minimum Gasteiger partial charge on any atom is -0.465 e. The fourth-order valence-electron chi connectivity index (χ4n) is 1.45. The Morgan fingerprint density at radius 3 is 3.00 bits per heavy atom. The summed E-state index contributed by atoms with van der Waals surface area (Å²) in [6.45, 7) is 2.60. The molecule has 0 aromatic rings. The average molecular weight is 155 g/mol. The first-order valence-corrected chi connectivity index (χ1v) is 3.88. The third-order valence-electron chi connectivity index (χ3n) is 1.96. The van der Waals surface area contributed by atoms with Crippen molar-refractivity contribution in [1.82, 2.24) is 4.90 Å². The number of likely N-dealkylation sites (tertiary alicyclic amines) is 1. The molecule has 1 aliphatic rings. The summed E-state index contributed by atoms with van der Waals surface area (Å²) in [5, 5.41) is 8.70. The summed E-state index contributed by atoms with van der Waals surface area (Å²) in [5.41, 5.74) is 0. The van der Waals surface area contributed by atoms with Crippen LogP contribution in [0.1, 0.15) is 19.8 Å². The van der Waals surface area contributed by atoms with Gasteiger partial charge in [0.2, 0.25) is 0 Å². The fourth-order valence-corrected chi connectivity index (χ4v) is 1.45. The third-order valence-corrected chi connectivity index (χ3v) is 1.96. The van der Waals surface area contributed by atoms with Crippen molar-refractivity contribution < 1.29 is 9.90 Å². The number of hydrogen-bond acceptors (Lipinski definition) is 1. The maximum absolute atomic E-state index is 10.6. The number of amides is 1. The van der Waals surface area contributed by atoms with Crippen LogP contribution in [0.15, 0.2) is 12.2 Å². The first-order valence-electron chi connectivity index (χ1n) is 3.88. The van der Waals surface area contributed by atoms with E-state index in [2.05, 4.69) is 0 Å². The van der Waals surface area contributed by atoms with Crippen LogP contribution in [0.2, 0.25) is 0 Å². The second kappa shape index (κ2) is 3.42. The van der Waals surface area contributed by atoms with Crippen molar-refractivity contribution in [3.05, 3.63) is 12.2 Å². The number of carbonyl (C=O) groups is 1. The van der Waals surface area contributed by atoms with Crippen LogP contribution in [0.4, 0.5) is 4.79 Å². The molecule has 0 aliphatic carbocycles. The molecular weight excluding hydrogens is 142 g/mol. The van der Waals surface area contributed by atoms with Gasteiger partial charge >= 0.3 is 6.09 Å². The van der Waals surface area contributed by atoms with Crippen LogP contribution in [-0.4, -0.2) is 28.7 Å². The molecule has 1 saturated heterocycles. The first kappa shape index (κ1) is 8.11. The third kappa shape index (κ3) is 1.73. The zero-order valence-electron chi connectivity index (χ0n) is 6.66. The standard InChI is InChI=1S/C8H13NO2/c1-2-4-7-5-3-6-9(7)8(10)11/h2,4,7H,3,5-6H2,1H3,(H,10,11)/b4-2+. The molecule has 0 aromatic carbocycles. The highest BCUT2D eigenvalue weighted by Gasteiger charge is 2.25. The highest BCUT2D eigenvalue weighted by atomic mass is 16.4. The van der Waals surface area contributed by atoms with Crippen molar-refractivity contribution in [2.24, 2.45) is 0 Å². The van der Waals surface area contributed by atoms with Crippen LogP contribution < -0.4 is 0 Å². The topological polar surface area (TPSA) is 40.5 Å². The summed E-state index contributed by atoms with van der Waals surface area (Å²) in [6, 6.07) is 0.123. The van der Waals surface area contributed by atoms with Gasteiger partial charge in [-0.25, -0.2) is 4.79 Å². The minimum absolute atomic E-state index is 0.123. The van der Waals surface area contributed by atoms with Gasteiger partial charge in [-0.2, -0.15) is 0 Å². The van der Waals surface area contributed by atoms with E-state index in [9.17, 15) is 4.79 Å². The monoisotopic (exact) mass is 155 g/mol. The Balaban J connectivity index is 2.57. The lowest BCUT2D eigenvalue weighted by Crippen LogP contribution is -2.32. The molecule has 0 bridgehead atoms. The summed E-state index contributed by atoms with van der Waals surface area (Å²) in [6.07, 6.45) is 5.01. The summed E-state index contributed by atoms with van der Waals surface area (Å²) >= 11 is 0. The number of allylic oxidation sites excluding steroid dienone is 1. The molecule has 1 N–H and O–H groups in total. The molecule has 1 unspecified atom stereocenters. The van der Waals surface area contributed by atoms with Gasteiger partial charge in [0.15, 0.2) is 0 Å². The lowest BCUT2D eigenvalue weighted by atomic mass is 10.2. The van der Waals surface area contributed by atoms with Crippen molar-refractivity contribution in [3.8, 4) is 0 Å². The van der Waals surface area contributed by atoms with E-state index in [0.29, 0.717) is 6.54 Å². The van der Waals surface area contributed by atoms with E-state index < -0.39 is 6.09 Å². The SMILES string of the molecule is C/C=C/C1CCCN1C(=O)O. The summed E-state index contributed by atoms with van der Waals surface area (Å²) in [7, 11) is 0. The maximum atomic E-state index is 10.6. The van der Waals surface area contributed by atoms with E-state index in [1.165, 1.54) is 4.90 Å². The second-order valence-corrected chi connectivity index (χ2v) is 2.71. The van der Waals surface area contributed by atoms with Gasteiger partial charge in [0.05, 0.1) is 6.04 Å². The van der Waals surface area contributed by atoms with Crippen LogP contribution in [0.3, 0.4) is 0 Å². The van der Waals surface area contributed by atoms with Crippen molar-refractivity contribution in [2.75, 3.05) is 6.54 Å². The summed E-state index contributed by atoms with van der Waals surface area (Å²) in [5.74, 6) is 0. The molecule has 11 heavy (non-hydrogen) atoms. The molecule has 0 saturated carbocycles.